The van der Waals surface area contributed by atoms with Crippen molar-refractivity contribution in [2.45, 2.75) is 6.10 Å². The highest BCUT2D eigenvalue weighted by atomic mass is 16.5. The van der Waals surface area contributed by atoms with Gasteiger partial charge >= 0.3 is 5.97 Å². The van der Waals surface area contributed by atoms with Crippen molar-refractivity contribution in [1.29, 1.82) is 0 Å². The number of carbonyl (C=O) groups is 1. The lowest BCUT2D eigenvalue weighted by molar-refractivity contribution is -0.155. The number of morpholine rings is 1. The summed E-state index contributed by atoms with van der Waals surface area (Å²) in [5.41, 5.74) is 0. The average Bonchev–Trinajstić information content (AvgIpc) is 2.05. The number of rotatable bonds is 3. The number of hydrogen-bond donors (Lipinski definition) is 1. The Labute approximate surface area is 71.4 Å². The quantitative estimate of drug-likeness (QED) is 0.605. The van der Waals surface area contributed by atoms with Crippen LogP contribution in [0.25, 0.3) is 0 Å². The Hall–Kier alpha value is -0.870. The molecule has 1 aliphatic heterocycles. The fourth-order valence-corrected chi connectivity index (χ4v) is 1.20. The number of carboxylic acids is 1. The Bertz CT molecular complexity index is 181. The zero-order chi connectivity index (χ0) is 8.97. The molecule has 12 heavy (non-hydrogen) atoms. The van der Waals surface area contributed by atoms with Gasteiger partial charge in [0.05, 0.1) is 6.61 Å². The van der Waals surface area contributed by atoms with E-state index in [0.29, 0.717) is 13.2 Å². The minimum Gasteiger partial charge on any atom is -0.479 e. The van der Waals surface area contributed by atoms with E-state index in [9.17, 15) is 4.79 Å². The van der Waals surface area contributed by atoms with E-state index < -0.39 is 12.1 Å². The molecular formula is C8H13NO3. The van der Waals surface area contributed by atoms with Gasteiger partial charge in [-0.05, 0) is 0 Å². The van der Waals surface area contributed by atoms with Crippen LogP contribution >= 0.6 is 0 Å². The lowest BCUT2D eigenvalue weighted by atomic mass is 10.3. The van der Waals surface area contributed by atoms with Gasteiger partial charge in [-0.15, -0.1) is 6.58 Å². The molecule has 0 spiro atoms. The maximum atomic E-state index is 10.5. The van der Waals surface area contributed by atoms with Crippen LogP contribution in [0.3, 0.4) is 0 Å². The van der Waals surface area contributed by atoms with E-state index in [1.54, 1.807) is 6.08 Å². The van der Waals surface area contributed by atoms with E-state index in [2.05, 4.69) is 6.58 Å². The van der Waals surface area contributed by atoms with Gasteiger partial charge in [0.1, 0.15) is 0 Å². The van der Waals surface area contributed by atoms with Gasteiger partial charge in [-0.25, -0.2) is 4.79 Å². The molecule has 1 heterocycles. The maximum Gasteiger partial charge on any atom is 0.334 e. The van der Waals surface area contributed by atoms with Crippen molar-refractivity contribution >= 4 is 5.97 Å². The van der Waals surface area contributed by atoms with Crippen LogP contribution in [-0.4, -0.2) is 48.3 Å². The maximum absolute atomic E-state index is 10.5. The normalized spacial score (nSPS) is 25.2. The molecule has 1 rings (SSSR count). The fraction of sp³-hybridized carbons (Fsp3) is 0.625. The summed E-state index contributed by atoms with van der Waals surface area (Å²) in [6, 6.07) is 0. The van der Waals surface area contributed by atoms with Crippen molar-refractivity contribution in [2.24, 2.45) is 0 Å². The number of nitrogens with zero attached hydrogens (tertiary/aromatic N) is 1. The van der Waals surface area contributed by atoms with E-state index in [1.807, 2.05) is 4.90 Å². The van der Waals surface area contributed by atoms with Crippen molar-refractivity contribution in [2.75, 3.05) is 26.2 Å². The first-order valence-electron chi connectivity index (χ1n) is 3.91. The first-order chi connectivity index (χ1) is 5.74. The molecule has 0 aliphatic carbocycles. The Morgan fingerprint density at radius 3 is 3.17 bits per heavy atom. The van der Waals surface area contributed by atoms with Crippen LogP contribution in [0, 0.1) is 0 Å². The molecule has 0 aromatic heterocycles. The van der Waals surface area contributed by atoms with Crippen LogP contribution in [0.15, 0.2) is 12.7 Å². The van der Waals surface area contributed by atoms with E-state index in [-0.39, 0.29) is 0 Å². The summed E-state index contributed by atoms with van der Waals surface area (Å²) >= 11 is 0. The van der Waals surface area contributed by atoms with E-state index in [0.717, 1.165) is 13.1 Å². The number of carboxylic acid groups (broad SMARTS) is 1. The average molecular weight is 171 g/mol. The van der Waals surface area contributed by atoms with Gasteiger partial charge in [0.25, 0.3) is 0 Å². The minimum atomic E-state index is -0.885. The topological polar surface area (TPSA) is 49.8 Å². The van der Waals surface area contributed by atoms with Crippen LogP contribution in [0.5, 0.6) is 0 Å². The highest BCUT2D eigenvalue weighted by molar-refractivity contribution is 5.72. The molecule has 68 valence electrons. The smallest absolute Gasteiger partial charge is 0.334 e. The van der Waals surface area contributed by atoms with Gasteiger partial charge < -0.3 is 9.84 Å². The highest BCUT2D eigenvalue weighted by Crippen LogP contribution is 2.04. The molecular weight excluding hydrogens is 158 g/mol. The number of hydrogen-bond acceptors (Lipinski definition) is 3. The van der Waals surface area contributed by atoms with Gasteiger partial charge in [-0.1, -0.05) is 6.08 Å². The zero-order valence-corrected chi connectivity index (χ0v) is 6.90. The second-order valence-electron chi connectivity index (χ2n) is 2.75. The standard InChI is InChI=1S/C8H13NO3/c1-2-3-9-4-5-12-7(6-9)8(10)11/h2,7H,1,3-6H2,(H,10,11). The molecule has 1 unspecified atom stereocenters. The van der Waals surface area contributed by atoms with Crippen LogP contribution < -0.4 is 0 Å². The predicted octanol–water partition coefficient (Wildman–Crippen LogP) is -0.0422. The third-order valence-corrected chi connectivity index (χ3v) is 1.81. The summed E-state index contributed by atoms with van der Waals surface area (Å²) in [4.78, 5) is 12.5. The molecule has 0 saturated carbocycles. The van der Waals surface area contributed by atoms with Gasteiger partial charge in [0, 0.05) is 19.6 Å². The molecule has 0 amide bonds. The Balaban J connectivity index is 2.39. The number of ether oxygens (including phenoxy) is 1. The first-order valence-corrected chi connectivity index (χ1v) is 3.91. The second-order valence-corrected chi connectivity index (χ2v) is 2.75. The molecule has 1 fully saturated rings. The van der Waals surface area contributed by atoms with Crippen LogP contribution in [0.4, 0.5) is 0 Å². The molecule has 0 bridgehead atoms. The van der Waals surface area contributed by atoms with E-state index in [4.69, 9.17) is 9.84 Å². The van der Waals surface area contributed by atoms with Crippen molar-refractivity contribution in [3.05, 3.63) is 12.7 Å². The van der Waals surface area contributed by atoms with Crippen LogP contribution in [-0.2, 0) is 9.53 Å². The van der Waals surface area contributed by atoms with Crippen LogP contribution in [0.1, 0.15) is 0 Å². The van der Waals surface area contributed by atoms with Crippen molar-refractivity contribution < 1.29 is 14.6 Å². The summed E-state index contributed by atoms with van der Waals surface area (Å²) in [5, 5.41) is 8.65. The Morgan fingerprint density at radius 2 is 2.58 bits per heavy atom. The summed E-state index contributed by atoms with van der Waals surface area (Å²) in [5.74, 6) is -0.885. The molecule has 0 radical (unpaired) electrons. The third kappa shape index (κ3) is 2.32. The molecule has 4 nitrogen and oxygen atoms in total. The Kier molecular flexibility index (Phi) is 3.25. The summed E-state index contributed by atoms with van der Waals surface area (Å²) in [7, 11) is 0. The van der Waals surface area contributed by atoms with Gasteiger partial charge in [0.15, 0.2) is 6.10 Å². The molecule has 4 heteroatoms. The highest BCUT2D eigenvalue weighted by Gasteiger charge is 2.24. The molecule has 1 saturated heterocycles. The predicted molar refractivity (Wildman–Crippen MR) is 44.0 cm³/mol. The Morgan fingerprint density at radius 1 is 1.83 bits per heavy atom. The first kappa shape index (κ1) is 9.22. The number of aliphatic carboxylic acids is 1. The van der Waals surface area contributed by atoms with E-state index >= 15 is 0 Å². The van der Waals surface area contributed by atoms with E-state index in [1.165, 1.54) is 0 Å². The molecule has 0 aromatic rings. The van der Waals surface area contributed by atoms with Crippen molar-refractivity contribution in [3.8, 4) is 0 Å². The molecule has 1 aliphatic rings. The molecule has 1 N–H and O–H groups in total. The monoisotopic (exact) mass is 171 g/mol. The fourth-order valence-electron chi connectivity index (χ4n) is 1.20. The zero-order valence-electron chi connectivity index (χ0n) is 6.90. The lowest BCUT2D eigenvalue weighted by Crippen LogP contribution is -2.45. The SMILES string of the molecule is C=CCN1CCOC(C(=O)O)C1. The largest absolute Gasteiger partial charge is 0.479 e. The summed E-state index contributed by atoms with van der Waals surface area (Å²) in [6.07, 6.45) is 1.10. The third-order valence-electron chi connectivity index (χ3n) is 1.81. The summed E-state index contributed by atoms with van der Waals surface area (Å²) < 4.78 is 5.04. The molecule has 1 atom stereocenters. The van der Waals surface area contributed by atoms with Crippen molar-refractivity contribution in [3.63, 3.8) is 0 Å². The molecule has 0 aromatic carbocycles. The lowest BCUT2D eigenvalue weighted by Gasteiger charge is -2.29. The van der Waals surface area contributed by atoms with Gasteiger partial charge in [0.2, 0.25) is 0 Å². The summed E-state index contributed by atoms with van der Waals surface area (Å²) in [6.45, 7) is 6.06. The van der Waals surface area contributed by atoms with Crippen LogP contribution in [0.2, 0.25) is 0 Å². The van der Waals surface area contributed by atoms with Gasteiger partial charge in [-0.3, -0.25) is 4.90 Å². The second kappa shape index (κ2) is 4.23. The van der Waals surface area contributed by atoms with Gasteiger partial charge in [-0.2, -0.15) is 0 Å². The minimum absolute atomic E-state index is 0.460. The van der Waals surface area contributed by atoms with Crippen molar-refractivity contribution in [1.82, 2.24) is 4.90 Å².